The van der Waals surface area contributed by atoms with Gasteiger partial charge < -0.3 is 18.9 Å². The van der Waals surface area contributed by atoms with E-state index < -0.39 is 0 Å². The number of fused-ring (bicyclic) bond motifs is 10. The van der Waals surface area contributed by atoms with E-state index in [1.807, 2.05) is 0 Å². The van der Waals surface area contributed by atoms with Crippen molar-refractivity contribution in [1.29, 1.82) is 0 Å². The summed E-state index contributed by atoms with van der Waals surface area (Å²) in [6.07, 6.45) is 0. The molecular formula is C118H78N4. The first kappa shape index (κ1) is 71.2. The maximum atomic E-state index is 2.51. The Morgan fingerprint density at radius 1 is 0.131 bits per heavy atom. The normalized spacial score (nSPS) is 11.6. The fourth-order valence-electron chi connectivity index (χ4n) is 18.9. The molecule has 0 saturated carbocycles. The molecule has 0 saturated heterocycles. The topological polar surface area (TPSA) is 16.3 Å². The molecule has 0 aliphatic carbocycles. The van der Waals surface area contributed by atoms with Gasteiger partial charge in [-0.15, -0.1) is 0 Å². The minimum Gasteiger partial charge on any atom is -0.309 e. The van der Waals surface area contributed by atoms with Crippen molar-refractivity contribution in [2.45, 2.75) is 0 Å². The van der Waals surface area contributed by atoms with Crippen LogP contribution < -0.4 is 9.80 Å². The lowest BCUT2D eigenvalue weighted by atomic mass is 9.97. The van der Waals surface area contributed by atoms with Crippen LogP contribution in [-0.4, -0.2) is 9.13 Å². The van der Waals surface area contributed by atoms with Crippen LogP contribution in [0.25, 0.3) is 187 Å². The molecule has 0 radical (unpaired) electrons. The highest BCUT2D eigenvalue weighted by Gasteiger charge is 2.27. The average molecular weight is 1550 g/mol. The van der Waals surface area contributed by atoms with E-state index in [-0.39, 0.29) is 0 Å². The summed E-state index contributed by atoms with van der Waals surface area (Å²) in [7, 11) is 0. The van der Waals surface area contributed by atoms with Gasteiger partial charge in [0.1, 0.15) is 0 Å². The molecule has 4 nitrogen and oxygen atoms in total. The third kappa shape index (κ3) is 12.6. The summed E-state index contributed by atoms with van der Waals surface area (Å²) in [5, 5.41) is 13.8. The minimum atomic E-state index is 1.01. The Morgan fingerprint density at radius 3 is 0.656 bits per heavy atom. The van der Waals surface area contributed by atoms with Gasteiger partial charge in [-0.2, -0.15) is 0 Å². The highest BCUT2D eigenvalue weighted by Crippen LogP contribution is 2.51. The zero-order chi connectivity index (χ0) is 80.6. The monoisotopic (exact) mass is 1550 g/mol. The van der Waals surface area contributed by atoms with Gasteiger partial charge in [-0.1, -0.05) is 370 Å². The molecule has 21 aromatic carbocycles. The van der Waals surface area contributed by atoms with E-state index in [0.717, 1.165) is 111 Å². The van der Waals surface area contributed by atoms with Gasteiger partial charge in [-0.25, -0.2) is 0 Å². The van der Waals surface area contributed by atoms with Crippen LogP contribution in [0.15, 0.2) is 473 Å². The van der Waals surface area contributed by atoms with Crippen LogP contribution in [-0.2, 0) is 0 Å². The van der Waals surface area contributed by atoms with E-state index in [2.05, 4.69) is 492 Å². The van der Waals surface area contributed by atoms with E-state index in [4.69, 9.17) is 0 Å². The summed E-state index contributed by atoms with van der Waals surface area (Å²) in [4.78, 5) is 5.02. The summed E-state index contributed by atoms with van der Waals surface area (Å²) in [6, 6.07) is 175. The SMILES string of the molecule is c1ccc(-c2ccc(-c3ccc4c(c3)c3cc(-c5ccc(-c6ccccc6)cc5)ccc3n4-c3ccc(N(c4cccc(N(c5cccc6ccccc56)c5ccc(-n6c7ccc(-c8ccc(-c9ccccc9)cc8)cc7c7cc(-c8ccc(-c9ccccc9)cc8)ccc76)c6ccccc56)c4)c4cccc5ccccc45)c4ccccc34)cc2)cc1. The molecule has 0 N–H and O–H groups in total. The molecule has 0 fully saturated rings. The van der Waals surface area contributed by atoms with E-state index >= 15 is 0 Å². The van der Waals surface area contributed by atoms with Crippen LogP contribution in [0.2, 0.25) is 0 Å². The van der Waals surface area contributed by atoms with Gasteiger partial charge in [0, 0.05) is 65.2 Å². The largest absolute Gasteiger partial charge is 0.309 e. The molecule has 0 bridgehead atoms. The second-order valence-corrected chi connectivity index (χ2v) is 31.9. The predicted octanol–water partition coefficient (Wildman–Crippen LogP) is 32.8. The van der Waals surface area contributed by atoms with E-state index in [0.29, 0.717) is 0 Å². The van der Waals surface area contributed by atoms with Crippen molar-refractivity contribution in [3.8, 4) is 100 Å². The Kier molecular flexibility index (Phi) is 17.6. The summed E-state index contributed by atoms with van der Waals surface area (Å²) in [6.45, 7) is 0. The number of hydrogen-bond donors (Lipinski definition) is 0. The van der Waals surface area contributed by atoms with Crippen LogP contribution >= 0.6 is 0 Å². The fourth-order valence-corrected chi connectivity index (χ4v) is 18.9. The van der Waals surface area contributed by atoms with Gasteiger partial charge >= 0.3 is 0 Å². The molecule has 0 amide bonds. The number of rotatable bonds is 16. The molecule has 4 heteroatoms. The van der Waals surface area contributed by atoms with Gasteiger partial charge in [0.25, 0.3) is 0 Å². The zero-order valence-electron chi connectivity index (χ0n) is 66.8. The standard InChI is InChI=1S/C118H78N4/c1-5-24-79(25-6-1)83-46-54-87(55-47-83)93-62-66-115-105(74-93)106-75-94(88-56-48-84(49-57-88)80-26-7-2-8-27-80)63-67-116(106)121(115)113-72-70-111(101-40-17-19-42-103(101)113)119(109-44-21-34-91-32-13-15-38-99(91)109)97-36-23-37-98(78-97)120(110-45-22-35-92-33-14-16-39-100(92)110)112-71-73-114(104-43-20-18-41-102(104)112)122-117-68-64-95(89-58-50-85(51-59-89)81-28-9-3-10-29-81)76-107(117)108-77-96(65-69-118(108)122)90-60-52-86(53-61-90)82-30-11-4-12-31-82/h1-78H. The second kappa shape index (κ2) is 30.1. The number of nitrogens with zero attached hydrogens (tertiary/aromatic N) is 4. The molecule has 2 aromatic heterocycles. The number of aromatic nitrogens is 2. The third-order valence-electron chi connectivity index (χ3n) is 24.9. The molecular weight excluding hydrogens is 1470 g/mol. The lowest BCUT2D eigenvalue weighted by Crippen LogP contribution is -2.14. The maximum Gasteiger partial charge on any atom is 0.0542 e. The molecule has 0 atom stereocenters. The van der Waals surface area contributed by atoms with Gasteiger partial charge in [-0.05, 0) is 203 Å². The third-order valence-corrected chi connectivity index (χ3v) is 24.9. The highest BCUT2D eigenvalue weighted by molar-refractivity contribution is 6.17. The molecule has 0 aliphatic heterocycles. The maximum absolute atomic E-state index is 2.51. The molecule has 0 unspecified atom stereocenters. The Hall–Kier alpha value is -16.1. The van der Waals surface area contributed by atoms with Gasteiger partial charge in [-0.3, -0.25) is 0 Å². The number of anilines is 6. The Morgan fingerprint density at radius 2 is 0.352 bits per heavy atom. The van der Waals surface area contributed by atoms with Crippen LogP contribution in [0.5, 0.6) is 0 Å². The van der Waals surface area contributed by atoms with Crippen molar-refractivity contribution < 1.29 is 0 Å². The lowest BCUT2D eigenvalue weighted by Gasteiger charge is -2.32. The molecule has 0 aliphatic rings. The summed E-state index contributed by atoms with van der Waals surface area (Å²) in [5.41, 5.74) is 31.9. The second-order valence-electron chi connectivity index (χ2n) is 31.9. The van der Waals surface area contributed by atoms with Crippen molar-refractivity contribution in [2.75, 3.05) is 9.80 Å². The van der Waals surface area contributed by atoms with Crippen LogP contribution in [0, 0.1) is 0 Å². The molecule has 2 heterocycles. The van der Waals surface area contributed by atoms with Crippen molar-refractivity contribution in [1.82, 2.24) is 9.13 Å². The quantitative estimate of drug-likeness (QED) is 0.0959. The van der Waals surface area contributed by atoms with Crippen LogP contribution in [0.3, 0.4) is 0 Å². The Labute approximate surface area is 708 Å². The van der Waals surface area contributed by atoms with E-state index in [9.17, 15) is 0 Å². The number of benzene rings is 21. The lowest BCUT2D eigenvalue weighted by molar-refractivity contribution is 1.19. The van der Waals surface area contributed by atoms with Gasteiger partial charge in [0.05, 0.1) is 56.2 Å². The molecule has 23 aromatic rings. The van der Waals surface area contributed by atoms with E-state index in [1.54, 1.807) is 0 Å². The Balaban J connectivity index is 0.684. The molecule has 0 spiro atoms. The van der Waals surface area contributed by atoms with Gasteiger partial charge in [0.15, 0.2) is 0 Å². The summed E-state index contributed by atoms with van der Waals surface area (Å²) >= 11 is 0. The first-order chi connectivity index (χ1) is 60.5. The summed E-state index contributed by atoms with van der Waals surface area (Å²) < 4.78 is 5.02. The highest BCUT2D eigenvalue weighted by atomic mass is 15.2. The van der Waals surface area contributed by atoms with Crippen molar-refractivity contribution in [2.24, 2.45) is 0 Å². The zero-order valence-corrected chi connectivity index (χ0v) is 66.8. The number of hydrogen-bond acceptors (Lipinski definition) is 2. The van der Waals surface area contributed by atoms with Crippen LogP contribution in [0.4, 0.5) is 34.1 Å². The smallest absolute Gasteiger partial charge is 0.0542 e. The fraction of sp³-hybridized carbons (Fsp3) is 0. The van der Waals surface area contributed by atoms with Crippen molar-refractivity contribution >= 4 is 121 Å². The molecule has 23 rings (SSSR count). The molecule has 570 valence electrons. The van der Waals surface area contributed by atoms with Crippen molar-refractivity contribution in [3.63, 3.8) is 0 Å². The Bertz CT molecular complexity index is 7190. The average Bonchev–Trinajstić information content (AvgIpc) is 1.52. The van der Waals surface area contributed by atoms with Crippen molar-refractivity contribution in [3.05, 3.63) is 473 Å². The van der Waals surface area contributed by atoms with Gasteiger partial charge in [0.2, 0.25) is 0 Å². The van der Waals surface area contributed by atoms with Crippen LogP contribution in [0.1, 0.15) is 0 Å². The minimum absolute atomic E-state index is 1.01. The first-order valence-electron chi connectivity index (χ1n) is 42.0. The first-order valence-corrected chi connectivity index (χ1v) is 42.0. The molecule has 122 heavy (non-hydrogen) atoms. The predicted molar refractivity (Wildman–Crippen MR) is 518 cm³/mol. The summed E-state index contributed by atoms with van der Waals surface area (Å²) in [5.74, 6) is 0. The van der Waals surface area contributed by atoms with E-state index in [1.165, 1.54) is 111 Å².